The van der Waals surface area contributed by atoms with Crippen LogP contribution >= 0.6 is 23.6 Å². The zero-order chi connectivity index (χ0) is 15.0. The first-order chi connectivity index (χ1) is 10.1. The third kappa shape index (κ3) is 2.53. The van der Waals surface area contributed by atoms with Gasteiger partial charge in [-0.1, -0.05) is 18.2 Å². The third-order valence-corrected chi connectivity index (χ3v) is 4.41. The van der Waals surface area contributed by atoms with Gasteiger partial charge < -0.3 is 15.0 Å². The molecule has 0 fully saturated rings. The summed E-state index contributed by atoms with van der Waals surface area (Å²) in [4.78, 5) is 15.4. The molecule has 2 aromatic rings. The Morgan fingerprint density at radius 1 is 1.48 bits per heavy atom. The van der Waals surface area contributed by atoms with Gasteiger partial charge in [0.2, 0.25) is 5.88 Å². The Hall–Kier alpha value is -2.25. The summed E-state index contributed by atoms with van der Waals surface area (Å²) in [7, 11) is 0. The number of aromatic nitrogens is 1. The summed E-state index contributed by atoms with van der Waals surface area (Å²) in [6.45, 7) is -0.463. The van der Waals surface area contributed by atoms with Crippen molar-refractivity contribution in [1.82, 2.24) is 4.57 Å². The minimum atomic E-state index is -1.30. The van der Waals surface area contributed by atoms with Gasteiger partial charge in [0.25, 0.3) is 0 Å². The fourth-order valence-corrected chi connectivity index (χ4v) is 3.33. The molecule has 0 bridgehead atoms. The minimum absolute atomic E-state index is 0.167. The molecule has 3 rings (SSSR count). The number of fused-ring (bicyclic) bond motifs is 1. The van der Waals surface area contributed by atoms with E-state index in [0.29, 0.717) is 4.88 Å². The highest BCUT2D eigenvalue weighted by atomic mass is 32.1. The molecular weight excluding hydrogens is 308 g/mol. The molecule has 0 spiro atoms. The summed E-state index contributed by atoms with van der Waals surface area (Å²) >= 11 is 6.21. The summed E-state index contributed by atoms with van der Waals surface area (Å²) in [5, 5.41) is 20.8. The Kier molecular flexibility index (Phi) is 3.44. The standard InChI is InChI=1S/C14H10N2O3S2/c17-12(18)7-16-13(19)11(21-14(16)20)5-8-6-15-10-4-2-1-3-9(8)10/h1-6,19H,7H2,(H,17,18)/p-1/b8-5+. The Morgan fingerprint density at radius 3 is 3.00 bits per heavy atom. The van der Waals surface area contributed by atoms with E-state index in [2.05, 4.69) is 4.99 Å². The van der Waals surface area contributed by atoms with Gasteiger partial charge in [-0.2, -0.15) is 0 Å². The second-order valence-corrected chi connectivity index (χ2v) is 6.06. The van der Waals surface area contributed by atoms with Crippen LogP contribution in [0.2, 0.25) is 0 Å². The van der Waals surface area contributed by atoms with Gasteiger partial charge in [0.1, 0.15) is 0 Å². The highest BCUT2D eigenvalue weighted by Gasteiger charge is 2.15. The topological polar surface area (TPSA) is 77.6 Å². The van der Waals surface area contributed by atoms with Crippen LogP contribution in [0.15, 0.2) is 29.3 Å². The molecule has 0 saturated heterocycles. The number of hydrogen-bond acceptors (Lipinski definition) is 6. The summed E-state index contributed by atoms with van der Waals surface area (Å²) in [6.07, 6.45) is 3.45. The molecule has 0 unspecified atom stereocenters. The van der Waals surface area contributed by atoms with Crippen molar-refractivity contribution in [2.24, 2.45) is 4.99 Å². The van der Waals surface area contributed by atoms with Gasteiger partial charge in [0, 0.05) is 17.4 Å². The average Bonchev–Trinajstić information content (AvgIpc) is 2.96. The largest absolute Gasteiger partial charge is 0.548 e. The SMILES string of the molecule is O=C([O-])Cn1c(O)c(/C=C2\C=Nc3ccccc32)sc1=S. The van der Waals surface area contributed by atoms with Crippen LogP contribution in [-0.4, -0.2) is 21.9 Å². The van der Waals surface area contributed by atoms with Crippen LogP contribution in [-0.2, 0) is 11.3 Å². The molecule has 1 aliphatic rings. The number of rotatable bonds is 3. The number of allylic oxidation sites excluding steroid dienone is 1. The van der Waals surface area contributed by atoms with E-state index >= 15 is 0 Å². The molecule has 1 aromatic carbocycles. The van der Waals surface area contributed by atoms with Crippen LogP contribution in [0.1, 0.15) is 10.4 Å². The first-order valence-electron chi connectivity index (χ1n) is 6.04. The molecule has 21 heavy (non-hydrogen) atoms. The Labute approximate surface area is 129 Å². The van der Waals surface area contributed by atoms with Crippen molar-refractivity contribution < 1.29 is 15.0 Å². The second kappa shape index (κ2) is 5.27. The molecule has 0 radical (unpaired) electrons. The van der Waals surface area contributed by atoms with E-state index in [1.165, 1.54) is 0 Å². The predicted octanol–water partition coefficient (Wildman–Crippen LogP) is 1.99. The lowest BCUT2D eigenvalue weighted by atomic mass is 10.1. The van der Waals surface area contributed by atoms with Crippen LogP contribution in [0.5, 0.6) is 5.88 Å². The van der Waals surface area contributed by atoms with Gasteiger partial charge in [0.05, 0.1) is 23.1 Å². The summed E-state index contributed by atoms with van der Waals surface area (Å²) in [5.74, 6) is -1.47. The van der Waals surface area contributed by atoms with Crippen molar-refractivity contribution in [3.8, 4) is 5.88 Å². The molecule has 1 aromatic heterocycles. The number of carbonyl (C=O) groups excluding carboxylic acids is 1. The number of thiazole rings is 1. The van der Waals surface area contributed by atoms with E-state index in [4.69, 9.17) is 12.2 Å². The zero-order valence-electron chi connectivity index (χ0n) is 10.6. The first kappa shape index (κ1) is 13.7. The molecule has 0 atom stereocenters. The molecular formula is C14H9N2O3S2-. The van der Waals surface area contributed by atoms with E-state index in [1.54, 1.807) is 12.3 Å². The molecule has 0 saturated carbocycles. The fourth-order valence-electron chi connectivity index (χ4n) is 2.07. The quantitative estimate of drug-likeness (QED) is 0.878. The Bertz CT molecular complexity index is 846. The van der Waals surface area contributed by atoms with Crippen LogP contribution in [0.25, 0.3) is 11.6 Å². The number of hydrogen-bond donors (Lipinski definition) is 1. The second-order valence-electron chi connectivity index (χ2n) is 4.39. The van der Waals surface area contributed by atoms with Crippen molar-refractivity contribution >= 4 is 53.1 Å². The molecule has 5 nitrogen and oxygen atoms in total. The Balaban J connectivity index is 2.04. The minimum Gasteiger partial charge on any atom is -0.548 e. The number of aliphatic imine (C=N–C) groups is 1. The molecule has 0 aliphatic carbocycles. The highest BCUT2D eigenvalue weighted by Crippen LogP contribution is 2.35. The molecule has 0 amide bonds. The van der Waals surface area contributed by atoms with E-state index in [0.717, 1.165) is 32.7 Å². The van der Waals surface area contributed by atoms with Crippen molar-refractivity contribution in [2.45, 2.75) is 6.54 Å². The number of aromatic hydroxyl groups is 1. The molecule has 1 aliphatic heterocycles. The number of para-hydroxylation sites is 1. The van der Waals surface area contributed by atoms with Crippen LogP contribution in [0.3, 0.4) is 0 Å². The van der Waals surface area contributed by atoms with Crippen LogP contribution in [0.4, 0.5) is 5.69 Å². The normalized spacial score (nSPS) is 14.6. The van der Waals surface area contributed by atoms with E-state index in [1.807, 2.05) is 24.3 Å². The number of aliphatic carboxylic acids is 1. The lowest BCUT2D eigenvalue weighted by Crippen LogP contribution is -2.27. The summed E-state index contributed by atoms with van der Waals surface area (Å²) in [5.41, 5.74) is 2.67. The van der Waals surface area contributed by atoms with E-state index in [9.17, 15) is 15.0 Å². The maximum atomic E-state index is 10.7. The number of nitrogens with zero attached hydrogens (tertiary/aromatic N) is 2. The maximum Gasteiger partial charge on any atom is 0.211 e. The lowest BCUT2D eigenvalue weighted by molar-refractivity contribution is -0.306. The highest BCUT2D eigenvalue weighted by molar-refractivity contribution is 7.73. The molecule has 2 heterocycles. The van der Waals surface area contributed by atoms with Gasteiger partial charge in [-0.15, -0.1) is 11.3 Å². The maximum absolute atomic E-state index is 10.7. The number of carbonyl (C=O) groups is 1. The van der Waals surface area contributed by atoms with Gasteiger partial charge in [-0.05, 0) is 24.4 Å². The number of carboxylic acids is 1. The average molecular weight is 317 g/mol. The van der Waals surface area contributed by atoms with Gasteiger partial charge in [-0.3, -0.25) is 9.56 Å². The summed E-state index contributed by atoms with van der Waals surface area (Å²) < 4.78 is 1.42. The first-order valence-corrected chi connectivity index (χ1v) is 7.26. The van der Waals surface area contributed by atoms with Crippen LogP contribution in [0, 0.1) is 3.95 Å². The molecule has 1 N–H and O–H groups in total. The number of carboxylic acid groups (broad SMARTS) is 1. The lowest BCUT2D eigenvalue weighted by Gasteiger charge is -2.04. The fraction of sp³-hybridized carbons (Fsp3) is 0.0714. The Morgan fingerprint density at radius 2 is 2.24 bits per heavy atom. The smallest absolute Gasteiger partial charge is 0.211 e. The monoisotopic (exact) mass is 317 g/mol. The van der Waals surface area contributed by atoms with Crippen molar-refractivity contribution in [3.63, 3.8) is 0 Å². The summed E-state index contributed by atoms with van der Waals surface area (Å²) in [6, 6.07) is 7.64. The van der Waals surface area contributed by atoms with Crippen molar-refractivity contribution in [1.29, 1.82) is 0 Å². The van der Waals surface area contributed by atoms with E-state index < -0.39 is 12.5 Å². The predicted molar refractivity (Wildman–Crippen MR) is 82.3 cm³/mol. The third-order valence-electron chi connectivity index (χ3n) is 3.03. The van der Waals surface area contributed by atoms with Gasteiger partial charge >= 0.3 is 0 Å². The zero-order valence-corrected chi connectivity index (χ0v) is 12.3. The van der Waals surface area contributed by atoms with Crippen molar-refractivity contribution in [3.05, 3.63) is 38.7 Å². The van der Waals surface area contributed by atoms with E-state index in [-0.39, 0.29) is 9.83 Å². The molecule has 7 heteroatoms. The van der Waals surface area contributed by atoms with Gasteiger partial charge in [0.15, 0.2) is 3.95 Å². The molecule has 106 valence electrons. The number of benzene rings is 1. The van der Waals surface area contributed by atoms with Crippen molar-refractivity contribution in [2.75, 3.05) is 0 Å². The van der Waals surface area contributed by atoms with Gasteiger partial charge in [-0.25, -0.2) is 0 Å². The van der Waals surface area contributed by atoms with Crippen LogP contribution < -0.4 is 5.11 Å².